The number of hydrogen-bond acceptors (Lipinski definition) is 4. The number of nitrogens with zero attached hydrogens (tertiary/aromatic N) is 4. The number of aromatic nitrogens is 4. The largest absolute Gasteiger partial charge is 0.416 e. The van der Waals surface area contributed by atoms with Crippen LogP contribution < -0.4 is 5.56 Å². The summed E-state index contributed by atoms with van der Waals surface area (Å²) >= 11 is 1.14. The summed E-state index contributed by atoms with van der Waals surface area (Å²) in [6.45, 7) is 2.39. The van der Waals surface area contributed by atoms with Crippen LogP contribution in [-0.2, 0) is 19.1 Å². The van der Waals surface area contributed by atoms with E-state index in [9.17, 15) is 26.7 Å². The molecule has 0 saturated carbocycles. The monoisotopic (exact) mass is 480 g/mol. The third-order valence-electron chi connectivity index (χ3n) is 5.02. The number of alkyl halides is 3. The Bertz CT molecular complexity index is 1360. The molecular formula is C22H17F5N4OS. The minimum absolute atomic E-state index is 0.110. The molecule has 11 heteroatoms. The molecule has 0 spiro atoms. The van der Waals surface area contributed by atoms with Crippen molar-refractivity contribution in [2.75, 3.05) is 5.75 Å². The highest BCUT2D eigenvalue weighted by atomic mass is 32.2. The first-order valence-corrected chi connectivity index (χ1v) is 10.9. The predicted molar refractivity (Wildman–Crippen MR) is 115 cm³/mol. The van der Waals surface area contributed by atoms with Crippen LogP contribution in [-0.4, -0.2) is 24.9 Å². The normalized spacial score (nSPS) is 11.9. The lowest BCUT2D eigenvalue weighted by atomic mass is 10.1. The fourth-order valence-corrected chi connectivity index (χ4v) is 4.34. The second kappa shape index (κ2) is 8.97. The van der Waals surface area contributed by atoms with Crippen LogP contribution >= 0.6 is 11.8 Å². The van der Waals surface area contributed by atoms with E-state index in [2.05, 4.69) is 9.97 Å². The Morgan fingerprint density at radius 1 is 1.06 bits per heavy atom. The highest BCUT2D eigenvalue weighted by Gasteiger charge is 2.31. The molecule has 0 unspecified atom stereocenters. The molecule has 5 nitrogen and oxygen atoms in total. The summed E-state index contributed by atoms with van der Waals surface area (Å²) in [6.07, 6.45) is -3.00. The van der Waals surface area contributed by atoms with E-state index >= 15 is 0 Å². The van der Waals surface area contributed by atoms with Crippen molar-refractivity contribution in [2.45, 2.75) is 31.2 Å². The third kappa shape index (κ3) is 4.63. The van der Waals surface area contributed by atoms with E-state index in [1.165, 1.54) is 30.6 Å². The molecule has 2 aromatic carbocycles. The fraction of sp³-hybridized carbons (Fsp3) is 0.227. The predicted octanol–water partition coefficient (Wildman–Crippen LogP) is 5.23. The molecule has 33 heavy (non-hydrogen) atoms. The first kappa shape index (κ1) is 23.0. The van der Waals surface area contributed by atoms with Gasteiger partial charge in [0.05, 0.1) is 11.9 Å². The summed E-state index contributed by atoms with van der Waals surface area (Å²) in [5.41, 5.74) is -0.301. The Morgan fingerprint density at radius 3 is 2.42 bits per heavy atom. The zero-order valence-electron chi connectivity index (χ0n) is 17.2. The van der Waals surface area contributed by atoms with Crippen molar-refractivity contribution in [3.8, 4) is 5.69 Å². The molecule has 2 heterocycles. The van der Waals surface area contributed by atoms with Gasteiger partial charge >= 0.3 is 11.7 Å². The van der Waals surface area contributed by atoms with Gasteiger partial charge in [-0.05, 0) is 55.3 Å². The average molecular weight is 480 g/mol. The number of aryl methyl sites for hydroxylation is 2. The molecule has 0 aliphatic carbocycles. The SMILES string of the molecule is CCn1cnc2c(=O)nc(SCCc3ccc(C(F)(F)F)cc3F)n(-c3ccc(F)cc3)c21. The van der Waals surface area contributed by atoms with Gasteiger partial charge in [-0.3, -0.25) is 9.36 Å². The maximum absolute atomic E-state index is 14.2. The van der Waals surface area contributed by atoms with Crippen LogP contribution in [0.15, 0.2) is 58.7 Å². The molecule has 0 amide bonds. The highest BCUT2D eigenvalue weighted by molar-refractivity contribution is 7.99. The van der Waals surface area contributed by atoms with Gasteiger partial charge in [-0.15, -0.1) is 0 Å². The molecule has 0 aliphatic heterocycles. The van der Waals surface area contributed by atoms with Gasteiger partial charge in [-0.25, -0.2) is 13.8 Å². The number of benzene rings is 2. The Kier molecular flexibility index (Phi) is 6.24. The maximum atomic E-state index is 14.2. The standard InChI is InChI=1S/C22H17F5N4OS/c1-2-30-12-28-18-19(32)29-21(31(20(18)30)16-7-5-15(23)6-8-16)33-10-9-13-3-4-14(11-17(13)24)22(25,26)27/h3-8,11-12H,2,9-10H2,1H3. The molecule has 0 saturated heterocycles. The smallest absolute Gasteiger partial charge is 0.316 e. The topological polar surface area (TPSA) is 52.7 Å². The molecule has 0 aliphatic rings. The maximum Gasteiger partial charge on any atom is 0.416 e. The molecule has 0 bridgehead atoms. The first-order valence-electron chi connectivity index (χ1n) is 9.91. The lowest BCUT2D eigenvalue weighted by molar-refractivity contribution is -0.137. The van der Waals surface area contributed by atoms with Gasteiger partial charge < -0.3 is 4.57 Å². The number of halogens is 5. The van der Waals surface area contributed by atoms with Gasteiger partial charge in [0.1, 0.15) is 11.6 Å². The van der Waals surface area contributed by atoms with E-state index in [0.717, 1.165) is 23.9 Å². The van der Waals surface area contributed by atoms with Crippen LogP contribution in [0.4, 0.5) is 22.0 Å². The van der Waals surface area contributed by atoms with Gasteiger partial charge in [0.2, 0.25) is 0 Å². The molecule has 172 valence electrons. The lowest BCUT2D eigenvalue weighted by Gasteiger charge is -2.15. The summed E-state index contributed by atoms with van der Waals surface area (Å²) in [4.78, 5) is 20.8. The van der Waals surface area contributed by atoms with Crippen LogP contribution in [0.25, 0.3) is 16.9 Å². The molecule has 4 aromatic rings. The molecule has 2 aromatic heterocycles. The number of hydrogen-bond donors (Lipinski definition) is 0. The zero-order chi connectivity index (χ0) is 23.8. The van der Waals surface area contributed by atoms with Gasteiger partial charge in [-0.2, -0.15) is 18.2 Å². The number of imidazole rings is 1. The van der Waals surface area contributed by atoms with Crippen LogP contribution in [0, 0.1) is 11.6 Å². The summed E-state index contributed by atoms with van der Waals surface area (Å²) in [5, 5.41) is 0.279. The van der Waals surface area contributed by atoms with E-state index in [1.807, 2.05) is 6.92 Å². The number of thioether (sulfide) groups is 1. The summed E-state index contributed by atoms with van der Waals surface area (Å²) in [6, 6.07) is 8.03. The molecule has 0 atom stereocenters. The van der Waals surface area contributed by atoms with E-state index < -0.39 is 28.9 Å². The van der Waals surface area contributed by atoms with E-state index in [0.29, 0.717) is 23.9 Å². The van der Waals surface area contributed by atoms with Gasteiger partial charge in [-0.1, -0.05) is 17.8 Å². The molecular weight excluding hydrogens is 463 g/mol. The molecule has 4 rings (SSSR count). The Labute approximate surface area is 188 Å². The van der Waals surface area contributed by atoms with Crippen molar-refractivity contribution in [3.05, 3.63) is 81.9 Å². The van der Waals surface area contributed by atoms with Crippen molar-refractivity contribution in [2.24, 2.45) is 0 Å². The van der Waals surface area contributed by atoms with Crippen molar-refractivity contribution in [1.82, 2.24) is 19.1 Å². The van der Waals surface area contributed by atoms with Crippen molar-refractivity contribution >= 4 is 22.9 Å². The minimum atomic E-state index is -4.62. The number of fused-ring (bicyclic) bond motifs is 1. The first-order chi connectivity index (χ1) is 15.7. The van der Waals surface area contributed by atoms with Crippen molar-refractivity contribution < 1.29 is 22.0 Å². The summed E-state index contributed by atoms with van der Waals surface area (Å²) < 4.78 is 69.4. The second-order valence-corrected chi connectivity index (χ2v) is 8.18. The minimum Gasteiger partial charge on any atom is -0.316 e. The van der Waals surface area contributed by atoms with E-state index in [4.69, 9.17) is 0 Å². The van der Waals surface area contributed by atoms with E-state index in [1.54, 1.807) is 9.13 Å². The Morgan fingerprint density at radius 2 is 1.79 bits per heavy atom. The van der Waals surface area contributed by atoms with Gasteiger partial charge in [0.15, 0.2) is 16.3 Å². The molecule has 0 N–H and O–H groups in total. The summed E-state index contributed by atoms with van der Waals surface area (Å²) in [7, 11) is 0. The lowest BCUT2D eigenvalue weighted by Crippen LogP contribution is -2.17. The Hall–Kier alpha value is -3.21. The average Bonchev–Trinajstić information content (AvgIpc) is 3.20. The molecule has 0 fully saturated rings. The third-order valence-corrected chi connectivity index (χ3v) is 5.96. The van der Waals surface area contributed by atoms with Crippen LogP contribution in [0.2, 0.25) is 0 Å². The molecule has 0 radical (unpaired) electrons. The summed E-state index contributed by atoms with van der Waals surface area (Å²) in [5.74, 6) is -1.14. The van der Waals surface area contributed by atoms with Crippen LogP contribution in [0.5, 0.6) is 0 Å². The van der Waals surface area contributed by atoms with Crippen molar-refractivity contribution in [1.29, 1.82) is 0 Å². The van der Waals surface area contributed by atoms with Gasteiger partial charge in [0, 0.05) is 18.0 Å². The van der Waals surface area contributed by atoms with Gasteiger partial charge in [0.25, 0.3) is 0 Å². The number of rotatable bonds is 6. The quantitative estimate of drug-likeness (QED) is 0.215. The van der Waals surface area contributed by atoms with Crippen molar-refractivity contribution in [3.63, 3.8) is 0 Å². The van der Waals surface area contributed by atoms with E-state index in [-0.39, 0.29) is 28.4 Å². The fourth-order valence-electron chi connectivity index (χ4n) is 3.37. The van der Waals surface area contributed by atoms with Crippen LogP contribution in [0.3, 0.4) is 0 Å². The van der Waals surface area contributed by atoms with Crippen LogP contribution in [0.1, 0.15) is 18.1 Å². The highest BCUT2D eigenvalue weighted by Crippen LogP contribution is 2.31. The Balaban J connectivity index is 1.69. The zero-order valence-corrected chi connectivity index (χ0v) is 18.1. The second-order valence-electron chi connectivity index (χ2n) is 7.12.